The molecule has 15 nitrogen and oxygen atoms in total. The summed E-state index contributed by atoms with van der Waals surface area (Å²) in [6, 6.07) is 0. The Hall–Kier alpha value is -4.83. The highest BCUT2D eigenvalue weighted by molar-refractivity contribution is 6.19. The number of aryl methyl sites for hydroxylation is 1. The molecule has 1 fully saturated rings. The first kappa shape index (κ1) is 45.7. The minimum atomic E-state index is -2.01. The van der Waals surface area contributed by atoms with Gasteiger partial charge < -0.3 is 49.6 Å². The van der Waals surface area contributed by atoms with Crippen molar-refractivity contribution in [3.05, 3.63) is 58.0 Å². The zero-order valence-electron chi connectivity index (χ0n) is 37.1. The van der Waals surface area contributed by atoms with Gasteiger partial charge in [-0.15, -0.1) is 0 Å². The fourth-order valence-electron chi connectivity index (χ4n) is 9.23. The van der Waals surface area contributed by atoms with E-state index in [1.54, 1.807) is 59.8 Å². The number of fused-ring (bicyclic) bond motifs is 1. The van der Waals surface area contributed by atoms with Gasteiger partial charge in [-0.3, -0.25) is 24.4 Å². The number of allylic oxidation sites excluding steroid dienone is 2. The smallest absolute Gasteiger partial charge is 0.312 e. The van der Waals surface area contributed by atoms with Gasteiger partial charge in [-0.1, -0.05) is 59.8 Å². The molecule has 15 heteroatoms. The van der Waals surface area contributed by atoms with Gasteiger partial charge in [0.25, 0.3) is 11.7 Å². The molecule has 0 aromatic heterocycles. The fourth-order valence-corrected chi connectivity index (χ4v) is 9.23. The largest absolute Gasteiger partial charge is 0.505 e. The standard InChI is InChI=1S/C46H62N4O11/c1-22(2)21-50-18-16-46(17-19-50)48-34-32-31-26(6)39(54)42-33(32)43(56)45(10,61-42)59-20-15-30(58-11)25(5)41(60-29(9)51)28(8)38(53)27(7)37(52)23(3)13-12-14-24(4)44(57)47-36(40(31)55)35(34)49-46/h12-15,20,22-23,25,27-28,30,37-38,41,52-55H,16-19,21H2,1-11H3,(H,47,57)/b13-12+,20-15+,24-14-/t23-,25+,27+,28+,30-,37-,38+,41+,45-/m0/s1. The number of amides is 1. The number of esters is 1. The molecule has 4 aliphatic heterocycles. The molecule has 0 unspecified atom stereocenters. The molecule has 1 amide bonds. The Morgan fingerprint density at radius 2 is 1.62 bits per heavy atom. The molecule has 5 N–H and O–H groups in total. The minimum Gasteiger partial charge on any atom is -0.505 e. The molecule has 4 heterocycles. The minimum absolute atomic E-state index is 0.00723. The summed E-state index contributed by atoms with van der Waals surface area (Å²) in [5.74, 6) is -6.66. The summed E-state index contributed by atoms with van der Waals surface area (Å²) in [4.78, 5) is 53.7. The number of rotatable bonds is 4. The van der Waals surface area contributed by atoms with Crippen molar-refractivity contribution in [2.75, 3.05) is 32.1 Å². The summed E-state index contributed by atoms with van der Waals surface area (Å²) in [5, 5.41) is 50.4. The number of hydrogen-bond donors (Lipinski definition) is 5. The van der Waals surface area contributed by atoms with Crippen LogP contribution in [-0.2, 0) is 23.8 Å². The fraction of sp³-hybridized carbons (Fsp3) is 0.587. The number of likely N-dealkylation sites (tertiary alicyclic amines) is 1. The molecule has 1 saturated heterocycles. The third kappa shape index (κ3) is 8.54. The molecule has 6 rings (SSSR count). The number of nitrogens with zero attached hydrogens (tertiary/aromatic N) is 3. The van der Waals surface area contributed by atoms with Gasteiger partial charge in [0.15, 0.2) is 17.2 Å². The first-order chi connectivity index (χ1) is 28.6. The number of carbonyl (C=O) groups excluding carboxylic acids is 3. The number of aromatic hydroxyl groups is 2. The third-order valence-corrected chi connectivity index (χ3v) is 12.9. The predicted molar refractivity (Wildman–Crippen MR) is 228 cm³/mol. The summed E-state index contributed by atoms with van der Waals surface area (Å²) in [5.41, 5.74) is -0.553. The van der Waals surface area contributed by atoms with Gasteiger partial charge in [-0.2, -0.15) is 0 Å². The molecule has 0 aliphatic carbocycles. The zero-order valence-corrected chi connectivity index (χ0v) is 37.1. The van der Waals surface area contributed by atoms with Gasteiger partial charge in [0.05, 0.1) is 35.5 Å². The van der Waals surface area contributed by atoms with E-state index in [0.29, 0.717) is 31.8 Å². The van der Waals surface area contributed by atoms with Crippen molar-refractivity contribution in [3.8, 4) is 17.2 Å². The molecule has 2 aromatic carbocycles. The van der Waals surface area contributed by atoms with Crippen molar-refractivity contribution in [1.29, 1.82) is 0 Å². The number of phenolic OH excluding ortho intramolecular Hbond substituents is 2. The Kier molecular flexibility index (Phi) is 13.1. The highest BCUT2D eigenvalue weighted by atomic mass is 16.7. The maximum Gasteiger partial charge on any atom is 0.312 e. The number of hydrogen-bond acceptors (Lipinski definition) is 14. The molecular formula is C46H62N4O11. The van der Waals surface area contributed by atoms with Gasteiger partial charge in [-0.05, 0) is 25.8 Å². The summed E-state index contributed by atoms with van der Waals surface area (Å²) in [6.45, 7) is 19.5. The molecule has 61 heavy (non-hydrogen) atoms. The first-order valence-electron chi connectivity index (χ1n) is 21.2. The van der Waals surface area contributed by atoms with Crippen molar-refractivity contribution in [2.24, 2.45) is 39.6 Å². The Balaban J connectivity index is 1.54. The number of Topliss-reactive ketones (excluding diaryl/α,β-unsaturated/α-hetero) is 1. The van der Waals surface area contributed by atoms with Crippen LogP contribution in [0.1, 0.15) is 91.1 Å². The van der Waals surface area contributed by atoms with Crippen LogP contribution in [0, 0.1) is 36.5 Å². The molecule has 0 saturated carbocycles. The lowest BCUT2D eigenvalue weighted by Crippen LogP contribution is -2.46. The van der Waals surface area contributed by atoms with Crippen LogP contribution in [0.2, 0.25) is 0 Å². The number of nitrogens with one attached hydrogen (secondary N) is 1. The van der Waals surface area contributed by atoms with E-state index in [-0.39, 0.29) is 49.6 Å². The molecule has 332 valence electrons. The monoisotopic (exact) mass is 846 g/mol. The second kappa shape index (κ2) is 17.5. The van der Waals surface area contributed by atoms with Gasteiger partial charge in [0, 0.05) is 99.0 Å². The van der Waals surface area contributed by atoms with Crippen LogP contribution < -0.4 is 20.8 Å². The number of anilines is 1. The van der Waals surface area contributed by atoms with Crippen molar-refractivity contribution >= 4 is 34.1 Å². The Morgan fingerprint density at radius 3 is 2.25 bits per heavy atom. The maximum atomic E-state index is 14.7. The number of aliphatic hydroxyl groups is 2. The molecule has 4 bridgehead atoms. The van der Waals surface area contributed by atoms with E-state index in [4.69, 9.17) is 28.9 Å². The molecule has 9 atom stereocenters. The quantitative estimate of drug-likeness (QED) is 0.209. The normalized spacial score (nSPS) is 32.7. The van der Waals surface area contributed by atoms with Gasteiger partial charge in [0.1, 0.15) is 22.9 Å². The number of carbonyl (C=O) groups is 3. The molecule has 2 aromatic rings. The number of ether oxygens (including phenoxy) is 4. The van der Waals surface area contributed by atoms with Crippen LogP contribution >= 0.6 is 0 Å². The highest BCUT2D eigenvalue weighted by Crippen LogP contribution is 2.50. The molecule has 4 aliphatic rings. The lowest BCUT2D eigenvalue weighted by atomic mass is 9.78. The second-order valence-corrected chi connectivity index (χ2v) is 18.0. The van der Waals surface area contributed by atoms with Crippen LogP contribution in [0.4, 0.5) is 5.69 Å². The van der Waals surface area contributed by atoms with E-state index in [2.05, 4.69) is 24.1 Å². The number of piperidine rings is 1. The summed E-state index contributed by atoms with van der Waals surface area (Å²) < 4.78 is 23.9. The Labute approximate surface area is 356 Å². The summed E-state index contributed by atoms with van der Waals surface area (Å²) in [6.07, 6.45) is 5.04. The SMILES string of the molecule is CO[C@H]1/C=C/O[C@@]2(C)Oc3c(O)c(C)c4c(O)c(c5c(c4c3C2=O)=NC2(CCN(CC(C)C)CC2)N=5)NC(=O)/C(C)=C\C=C\[C@H](C)[C@H](O)[C@@H](C)[C@@H](O)[C@@H](C)[C@H](OC(C)=O)[C@@H]1C. The van der Waals surface area contributed by atoms with E-state index in [9.17, 15) is 34.8 Å². The van der Waals surface area contributed by atoms with Crippen molar-refractivity contribution in [1.82, 2.24) is 4.90 Å². The van der Waals surface area contributed by atoms with Crippen molar-refractivity contribution in [2.45, 2.75) is 118 Å². The first-order valence-corrected chi connectivity index (χ1v) is 21.2. The zero-order chi connectivity index (χ0) is 44.9. The van der Waals surface area contributed by atoms with Crippen LogP contribution in [-0.4, -0.2) is 106 Å². The Morgan fingerprint density at radius 1 is 0.967 bits per heavy atom. The maximum absolute atomic E-state index is 14.7. The number of phenols is 2. The van der Waals surface area contributed by atoms with Crippen LogP contribution in [0.3, 0.4) is 0 Å². The van der Waals surface area contributed by atoms with E-state index in [1.807, 2.05) is 0 Å². The molecular weight excluding hydrogens is 785 g/mol. The van der Waals surface area contributed by atoms with Gasteiger partial charge in [0.2, 0.25) is 0 Å². The molecule has 0 radical (unpaired) electrons. The van der Waals surface area contributed by atoms with Gasteiger partial charge in [-0.25, -0.2) is 0 Å². The number of aliphatic hydroxyl groups excluding tert-OH is 2. The van der Waals surface area contributed by atoms with Crippen LogP contribution in [0.5, 0.6) is 17.2 Å². The Bertz CT molecular complexity index is 2300. The van der Waals surface area contributed by atoms with Crippen LogP contribution in [0.15, 0.2) is 46.1 Å². The average molecular weight is 847 g/mol. The van der Waals surface area contributed by atoms with Crippen molar-refractivity contribution < 1.29 is 53.8 Å². The lowest BCUT2D eigenvalue weighted by molar-refractivity contribution is -0.160. The average Bonchev–Trinajstić information content (AvgIpc) is 3.71. The number of methoxy groups -OCH3 is 1. The third-order valence-electron chi connectivity index (χ3n) is 12.9. The van der Waals surface area contributed by atoms with Crippen molar-refractivity contribution in [3.63, 3.8) is 0 Å². The predicted octanol–water partition coefficient (Wildman–Crippen LogP) is 4.75. The van der Waals surface area contributed by atoms with E-state index in [0.717, 1.165) is 6.54 Å². The number of ketones is 1. The van der Waals surface area contributed by atoms with E-state index in [1.165, 1.54) is 33.3 Å². The highest BCUT2D eigenvalue weighted by Gasteiger charge is 2.50. The van der Waals surface area contributed by atoms with E-state index < -0.39 is 88.7 Å². The topological polar surface area (TPSA) is 209 Å². The summed E-state index contributed by atoms with van der Waals surface area (Å²) >= 11 is 0. The summed E-state index contributed by atoms with van der Waals surface area (Å²) in [7, 11) is 1.46. The van der Waals surface area contributed by atoms with Crippen LogP contribution in [0.25, 0.3) is 10.8 Å². The second-order valence-electron chi connectivity index (χ2n) is 18.0. The molecule has 1 spiro atoms. The van der Waals surface area contributed by atoms with E-state index >= 15 is 0 Å². The number of benzene rings is 2. The lowest BCUT2D eigenvalue weighted by Gasteiger charge is -2.38. The van der Waals surface area contributed by atoms with Gasteiger partial charge >= 0.3 is 11.8 Å².